The number of para-hydroxylation sites is 2. The first kappa shape index (κ1) is 12.5. The summed E-state index contributed by atoms with van der Waals surface area (Å²) in [5.74, 6) is 0. The Morgan fingerprint density at radius 1 is 0.864 bits per heavy atom. The third-order valence-electron chi connectivity index (χ3n) is 3.51. The van der Waals surface area contributed by atoms with E-state index < -0.39 is 5.69 Å². The Morgan fingerprint density at radius 3 is 2.41 bits per heavy atom. The van der Waals surface area contributed by atoms with Gasteiger partial charge in [0.15, 0.2) is 0 Å². The van der Waals surface area contributed by atoms with Gasteiger partial charge >= 0.3 is 5.69 Å². The molecule has 0 spiro atoms. The number of nitrogens with zero attached hydrogens (tertiary/aromatic N) is 2. The van der Waals surface area contributed by atoms with E-state index in [-0.39, 0.29) is 16.5 Å². The quantitative estimate of drug-likeness (QED) is 0.505. The molecule has 0 unspecified atom stereocenters. The Labute approximate surface area is 124 Å². The van der Waals surface area contributed by atoms with Crippen molar-refractivity contribution in [3.8, 4) is 5.69 Å². The maximum absolute atomic E-state index is 12.6. The summed E-state index contributed by atoms with van der Waals surface area (Å²) in [4.78, 5) is 28.6. The molecule has 0 N–H and O–H groups in total. The van der Waals surface area contributed by atoms with Gasteiger partial charge in [-0.05, 0) is 24.3 Å². The van der Waals surface area contributed by atoms with Crippen molar-refractivity contribution in [1.29, 1.82) is 0 Å². The van der Waals surface area contributed by atoms with Gasteiger partial charge in [0.1, 0.15) is 11.0 Å². The van der Waals surface area contributed by atoms with Crippen LogP contribution in [-0.2, 0) is 0 Å². The zero-order valence-electron chi connectivity index (χ0n) is 11.4. The molecule has 0 saturated heterocycles. The fourth-order valence-electron chi connectivity index (χ4n) is 2.44. The molecule has 4 rings (SSSR count). The molecule has 0 saturated carbocycles. The van der Waals surface area contributed by atoms with Crippen molar-refractivity contribution in [2.45, 2.75) is 0 Å². The van der Waals surface area contributed by atoms with Crippen molar-refractivity contribution in [2.24, 2.45) is 0 Å². The summed E-state index contributed by atoms with van der Waals surface area (Å²) in [5.41, 5.74) is 0.436. The van der Waals surface area contributed by atoms with Crippen LogP contribution in [-0.4, -0.2) is 9.55 Å². The minimum absolute atomic E-state index is 0.0564. The van der Waals surface area contributed by atoms with Crippen LogP contribution in [0.15, 0.2) is 74.8 Å². The monoisotopic (exact) mass is 290 g/mol. The minimum Gasteiger partial charge on any atom is -0.437 e. The smallest absolute Gasteiger partial charge is 0.355 e. The summed E-state index contributed by atoms with van der Waals surface area (Å²) in [7, 11) is 0. The van der Waals surface area contributed by atoms with Crippen LogP contribution in [0.2, 0.25) is 0 Å². The highest BCUT2D eigenvalue weighted by atomic mass is 16.3. The van der Waals surface area contributed by atoms with E-state index in [0.29, 0.717) is 16.7 Å². The lowest BCUT2D eigenvalue weighted by Crippen LogP contribution is -2.22. The number of aromatic nitrogens is 2. The molecule has 2 heterocycles. The maximum atomic E-state index is 12.6. The zero-order chi connectivity index (χ0) is 15.1. The summed E-state index contributed by atoms with van der Waals surface area (Å²) >= 11 is 0. The first-order valence-electron chi connectivity index (χ1n) is 6.75. The van der Waals surface area contributed by atoms with Crippen molar-refractivity contribution in [2.75, 3.05) is 0 Å². The molecule has 0 amide bonds. The third-order valence-corrected chi connectivity index (χ3v) is 3.51. The van der Waals surface area contributed by atoms with E-state index in [0.717, 1.165) is 0 Å². The highest BCUT2D eigenvalue weighted by Crippen LogP contribution is 2.16. The molecule has 0 bridgehead atoms. The molecule has 2 aromatic heterocycles. The molecule has 5 heteroatoms. The first-order valence-corrected chi connectivity index (χ1v) is 6.75. The van der Waals surface area contributed by atoms with Gasteiger partial charge in [-0.15, -0.1) is 0 Å². The Morgan fingerprint density at radius 2 is 1.59 bits per heavy atom. The summed E-state index contributed by atoms with van der Waals surface area (Å²) in [5, 5.41) is 0.747. The van der Waals surface area contributed by atoms with Crippen LogP contribution >= 0.6 is 0 Å². The number of fused-ring (bicyclic) bond motifs is 2. The molecule has 0 fully saturated rings. The van der Waals surface area contributed by atoms with Crippen LogP contribution in [0.3, 0.4) is 0 Å². The topological polar surface area (TPSA) is 65.1 Å². The summed E-state index contributed by atoms with van der Waals surface area (Å²) < 4.78 is 6.92. The number of rotatable bonds is 1. The van der Waals surface area contributed by atoms with Crippen LogP contribution < -0.4 is 11.1 Å². The van der Waals surface area contributed by atoms with Crippen LogP contribution in [0.1, 0.15) is 0 Å². The van der Waals surface area contributed by atoms with Gasteiger partial charge in [0.2, 0.25) is 11.1 Å². The highest BCUT2D eigenvalue weighted by Gasteiger charge is 2.11. The second kappa shape index (κ2) is 4.66. The summed E-state index contributed by atoms with van der Waals surface area (Å²) in [6.45, 7) is 0. The van der Waals surface area contributed by atoms with E-state index in [1.54, 1.807) is 36.4 Å². The summed E-state index contributed by atoms with van der Waals surface area (Å²) in [6.07, 6.45) is 1.48. The van der Waals surface area contributed by atoms with E-state index in [9.17, 15) is 9.59 Å². The van der Waals surface area contributed by atoms with Crippen molar-refractivity contribution in [3.63, 3.8) is 0 Å². The van der Waals surface area contributed by atoms with Crippen molar-refractivity contribution < 1.29 is 4.42 Å². The lowest BCUT2D eigenvalue weighted by atomic mass is 10.2. The van der Waals surface area contributed by atoms with Gasteiger partial charge in [-0.2, -0.15) is 4.98 Å². The van der Waals surface area contributed by atoms with Gasteiger partial charge in [-0.3, -0.25) is 9.36 Å². The molecule has 0 aliphatic rings. The van der Waals surface area contributed by atoms with Gasteiger partial charge < -0.3 is 4.42 Å². The predicted molar refractivity (Wildman–Crippen MR) is 83.4 cm³/mol. The summed E-state index contributed by atoms with van der Waals surface area (Å²) in [6, 6.07) is 15.9. The van der Waals surface area contributed by atoms with E-state index in [2.05, 4.69) is 4.98 Å². The molecule has 2 aromatic carbocycles. The number of benzene rings is 2. The maximum Gasteiger partial charge on any atom is 0.355 e. The van der Waals surface area contributed by atoms with Crippen LogP contribution in [0.25, 0.3) is 27.8 Å². The second-order valence-corrected chi connectivity index (χ2v) is 4.88. The van der Waals surface area contributed by atoms with Gasteiger partial charge in [0.05, 0.1) is 11.1 Å². The number of hydrogen-bond donors (Lipinski definition) is 0. The Kier molecular flexibility index (Phi) is 2.66. The van der Waals surface area contributed by atoms with Crippen LogP contribution in [0.5, 0.6) is 0 Å². The van der Waals surface area contributed by atoms with Crippen LogP contribution in [0.4, 0.5) is 0 Å². The number of hydrogen-bond acceptors (Lipinski definition) is 4. The van der Waals surface area contributed by atoms with Gasteiger partial charge in [0.25, 0.3) is 0 Å². The highest BCUT2D eigenvalue weighted by molar-refractivity contribution is 5.87. The fraction of sp³-hybridized carbons (Fsp3) is 0. The lowest BCUT2D eigenvalue weighted by Gasteiger charge is -2.06. The minimum atomic E-state index is -0.489. The average molecular weight is 290 g/mol. The molecule has 0 atom stereocenters. The van der Waals surface area contributed by atoms with E-state index >= 15 is 0 Å². The van der Waals surface area contributed by atoms with E-state index in [1.165, 1.54) is 10.8 Å². The van der Waals surface area contributed by atoms with E-state index in [1.807, 2.05) is 18.2 Å². The molecular weight excluding hydrogens is 280 g/mol. The normalized spacial score (nSPS) is 11.1. The fourth-order valence-corrected chi connectivity index (χ4v) is 2.44. The Bertz CT molecular complexity index is 1110. The molecule has 0 aliphatic carbocycles. The molecule has 0 aliphatic heterocycles. The predicted octanol–water partition coefficient (Wildman–Crippen LogP) is 2.49. The molecule has 5 nitrogen and oxygen atoms in total. The SMILES string of the molecule is O=c1c2ccccc2oc2nc(=O)n(-c3ccccc3)cc12. The molecule has 106 valence electrons. The molecule has 4 aromatic rings. The van der Waals surface area contributed by atoms with Crippen molar-refractivity contribution >= 4 is 22.1 Å². The Hall–Kier alpha value is -3.21. The second-order valence-electron chi connectivity index (χ2n) is 4.88. The van der Waals surface area contributed by atoms with Crippen LogP contribution in [0, 0.1) is 0 Å². The first-order chi connectivity index (χ1) is 10.7. The largest absolute Gasteiger partial charge is 0.437 e. The third kappa shape index (κ3) is 1.83. The lowest BCUT2D eigenvalue weighted by molar-refractivity contribution is 0.638. The average Bonchev–Trinajstić information content (AvgIpc) is 2.55. The Balaban J connectivity index is 2.13. The molecule has 0 radical (unpaired) electrons. The van der Waals surface area contributed by atoms with Gasteiger partial charge in [-0.1, -0.05) is 30.3 Å². The van der Waals surface area contributed by atoms with Crippen molar-refractivity contribution in [1.82, 2.24) is 9.55 Å². The standard InChI is InChI=1S/C17H10N2O3/c20-15-12-8-4-5-9-14(12)22-16-13(15)10-19(17(21)18-16)11-6-2-1-3-7-11/h1-10H. The van der Waals surface area contributed by atoms with Crippen molar-refractivity contribution in [3.05, 3.63) is 81.5 Å². The zero-order valence-corrected chi connectivity index (χ0v) is 11.4. The van der Waals surface area contributed by atoms with Gasteiger partial charge in [0, 0.05) is 6.20 Å². The van der Waals surface area contributed by atoms with E-state index in [4.69, 9.17) is 4.42 Å². The van der Waals surface area contributed by atoms with Gasteiger partial charge in [-0.25, -0.2) is 4.79 Å². The molecule has 22 heavy (non-hydrogen) atoms. The molecular formula is C17H10N2O3.